The van der Waals surface area contributed by atoms with Crippen LogP contribution in [0.15, 0.2) is 12.4 Å². The second-order valence-electron chi connectivity index (χ2n) is 4.02. The number of hydrogen-bond donors (Lipinski definition) is 2. The first-order valence-electron chi connectivity index (χ1n) is 5.11. The molecule has 1 fully saturated rings. The summed E-state index contributed by atoms with van der Waals surface area (Å²) < 4.78 is 4.97. The molecule has 82 valence electrons. The summed E-state index contributed by atoms with van der Waals surface area (Å²) in [6.07, 6.45) is 6.66. The Balaban J connectivity index is 1.87. The highest BCUT2D eigenvalue weighted by Gasteiger charge is 2.32. The Labute approximate surface area is 89.1 Å². The van der Waals surface area contributed by atoms with Gasteiger partial charge in [0.25, 0.3) is 0 Å². The van der Waals surface area contributed by atoms with Gasteiger partial charge in [-0.3, -0.25) is 0 Å². The van der Waals surface area contributed by atoms with Gasteiger partial charge in [0.15, 0.2) is 5.75 Å². The van der Waals surface area contributed by atoms with Gasteiger partial charge in [0.2, 0.25) is 5.95 Å². The molecule has 0 bridgehead atoms. The van der Waals surface area contributed by atoms with Crippen molar-refractivity contribution in [3.05, 3.63) is 12.4 Å². The van der Waals surface area contributed by atoms with Crippen LogP contribution in [0.3, 0.4) is 0 Å². The number of aromatic nitrogens is 2. The van der Waals surface area contributed by atoms with Crippen LogP contribution in [0.5, 0.6) is 5.75 Å². The maximum absolute atomic E-state index is 6.06. The molecule has 3 N–H and O–H groups in total. The molecule has 5 heteroatoms. The molecule has 2 rings (SSSR count). The fourth-order valence-corrected chi connectivity index (χ4v) is 1.58. The van der Waals surface area contributed by atoms with E-state index in [1.165, 1.54) is 6.42 Å². The van der Waals surface area contributed by atoms with Crippen molar-refractivity contribution < 1.29 is 4.74 Å². The Morgan fingerprint density at radius 1 is 1.47 bits per heavy atom. The minimum Gasteiger partial charge on any atom is -0.494 e. The van der Waals surface area contributed by atoms with Crippen molar-refractivity contribution in [2.45, 2.75) is 24.8 Å². The lowest BCUT2D eigenvalue weighted by Gasteiger charge is -2.38. The monoisotopic (exact) mass is 208 g/mol. The van der Waals surface area contributed by atoms with Gasteiger partial charge < -0.3 is 15.8 Å². The average molecular weight is 208 g/mol. The number of methoxy groups -OCH3 is 1. The fraction of sp³-hybridized carbons (Fsp3) is 0.600. The van der Waals surface area contributed by atoms with Gasteiger partial charge >= 0.3 is 0 Å². The summed E-state index contributed by atoms with van der Waals surface area (Å²) in [7, 11) is 1.59. The third-order valence-electron chi connectivity index (χ3n) is 2.81. The first-order valence-corrected chi connectivity index (χ1v) is 5.11. The van der Waals surface area contributed by atoms with Gasteiger partial charge in [0, 0.05) is 12.1 Å². The molecule has 1 aliphatic rings. The maximum Gasteiger partial charge on any atom is 0.222 e. The highest BCUT2D eigenvalue weighted by Crippen LogP contribution is 2.28. The first kappa shape index (κ1) is 10.2. The molecule has 15 heavy (non-hydrogen) atoms. The van der Waals surface area contributed by atoms with E-state index in [0.717, 1.165) is 19.4 Å². The maximum atomic E-state index is 6.06. The first-order chi connectivity index (χ1) is 7.22. The molecule has 0 atom stereocenters. The summed E-state index contributed by atoms with van der Waals surface area (Å²) in [5.41, 5.74) is 6.01. The van der Waals surface area contributed by atoms with E-state index in [-0.39, 0.29) is 5.54 Å². The van der Waals surface area contributed by atoms with E-state index < -0.39 is 0 Å². The minimum atomic E-state index is -0.0523. The van der Waals surface area contributed by atoms with E-state index in [1.807, 2.05) is 0 Å². The fourth-order valence-electron chi connectivity index (χ4n) is 1.58. The molecule has 1 aromatic heterocycles. The Morgan fingerprint density at radius 2 is 2.13 bits per heavy atom. The van der Waals surface area contributed by atoms with Crippen molar-refractivity contribution in [3.8, 4) is 5.75 Å². The highest BCUT2D eigenvalue weighted by atomic mass is 16.5. The van der Waals surface area contributed by atoms with Gasteiger partial charge in [-0.05, 0) is 19.3 Å². The Hall–Kier alpha value is -1.36. The number of hydrogen-bond acceptors (Lipinski definition) is 5. The van der Waals surface area contributed by atoms with Crippen molar-refractivity contribution in [1.82, 2.24) is 9.97 Å². The SMILES string of the molecule is COc1cnc(NCC2(N)CCC2)nc1. The standard InChI is InChI=1S/C10H16N4O/c1-15-8-5-12-9(13-6-8)14-7-10(11)3-2-4-10/h5-6H,2-4,7,11H2,1H3,(H,12,13,14). The molecular weight excluding hydrogens is 192 g/mol. The lowest BCUT2D eigenvalue weighted by atomic mass is 9.78. The van der Waals surface area contributed by atoms with Crippen LogP contribution < -0.4 is 15.8 Å². The predicted octanol–water partition coefficient (Wildman–Crippen LogP) is 0.778. The number of anilines is 1. The summed E-state index contributed by atoms with van der Waals surface area (Å²) in [5, 5.41) is 3.14. The van der Waals surface area contributed by atoms with Gasteiger partial charge in [-0.25, -0.2) is 9.97 Å². The van der Waals surface area contributed by atoms with Crippen molar-refractivity contribution in [2.75, 3.05) is 19.0 Å². The van der Waals surface area contributed by atoms with Gasteiger partial charge in [-0.1, -0.05) is 0 Å². The molecule has 0 amide bonds. The molecule has 0 unspecified atom stereocenters. The molecular formula is C10H16N4O. The second kappa shape index (κ2) is 4.02. The zero-order valence-corrected chi connectivity index (χ0v) is 8.86. The average Bonchev–Trinajstić information content (AvgIpc) is 2.24. The molecule has 0 aliphatic heterocycles. The molecule has 0 spiro atoms. The molecule has 1 aliphatic carbocycles. The summed E-state index contributed by atoms with van der Waals surface area (Å²) in [4.78, 5) is 8.22. The predicted molar refractivity (Wildman–Crippen MR) is 57.8 cm³/mol. The summed E-state index contributed by atoms with van der Waals surface area (Å²) in [6, 6.07) is 0. The van der Waals surface area contributed by atoms with Crippen molar-refractivity contribution in [2.24, 2.45) is 5.73 Å². The summed E-state index contributed by atoms with van der Waals surface area (Å²) in [5.74, 6) is 1.26. The van der Waals surface area contributed by atoms with Crippen molar-refractivity contribution >= 4 is 5.95 Å². The Bertz CT molecular complexity index is 321. The smallest absolute Gasteiger partial charge is 0.222 e. The van der Waals surface area contributed by atoms with Crippen LogP contribution in [-0.4, -0.2) is 29.2 Å². The highest BCUT2D eigenvalue weighted by molar-refractivity contribution is 5.28. The number of rotatable bonds is 4. The van der Waals surface area contributed by atoms with E-state index in [2.05, 4.69) is 15.3 Å². The zero-order chi connectivity index (χ0) is 10.7. The molecule has 1 saturated carbocycles. The number of nitrogens with one attached hydrogen (secondary N) is 1. The van der Waals surface area contributed by atoms with E-state index in [9.17, 15) is 0 Å². The molecule has 0 radical (unpaired) electrons. The van der Waals surface area contributed by atoms with E-state index in [0.29, 0.717) is 11.7 Å². The topological polar surface area (TPSA) is 73.1 Å². The number of nitrogens with zero attached hydrogens (tertiary/aromatic N) is 2. The third-order valence-corrected chi connectivity index (χ3v) is 2.81. The normalized spacial score (nSPS) is 18.0. The lowest BCUT2D eigenvalue weighted by Crippen LogP contribution is -2.52. The molecule has 1 heterocycles. The van der Waals surface area contributed by atoms with Crippen LogP contribution >= 0.6 is 0 Å². The van der Waals surface area contributed by atoms with Crippen LogP contribution in [-0.2, 0) is 0 Å². The Kier molecular flexibility index (Phi) is 2.73. The van der Waals surface area contributed by atoms with Crippen LogP contribution in [0.4, 0.5) is 5.95 Å². The molecule has 0 saturated heterocycles. The number of nitrogens with two attached hydrogens (primary N) is 1. The van der Waals surface area contributed by atoms with Crippen LogP contribution in [0, 0.1) is 0 Å². The summed E-state index contributed by atoms with van der Waals surface area (Å²) in [6.45, 7) is 0.735. The van der Waals surface area contributed by atoms with Crippen LogP contribution in [0.1, 0.15) is 19.3 Å². The van der Waals surface area contributed by atoms with E-state index in [4.69, 9.17) is 10.5 Å². The van der Waals surface area contributed by atoms with Gasteiger partial charge in [0.1, 0.15) is 0 Å². The van der Waals surface area contributed by atoms with Gasteiger partial charge in [0.05, 0.1) is 19.5 Å². The van der Waals surface area contributed by atoms with Crippen LogP contribution in [0.25, 0.3) is 0 Å². The quantitative estimate of drug-likeness (QED) is 0.765. The largest absolute Gasteiger partial charge is 0.494 e. The zero-order valence-electron chi connectivity index (χ0n) is 8.86. The number of ether oxygens (including phenoxy) is 1. The van der Waals surface area contributed by atoms with E-state index >= 15 is 0 Å². The Morgan fingerprint density at radius 3 is 2.60 bits per heavy atom. The van der Waals surface area contributed by atoms with Crippen molar-refractivity contribution in [3.63, 3.8) is 0 Å². The molecule has 0 aromatic carbocycles. The van der Waals surface area contributed by atoms with Crippen molar-refractivity contribution in [1.29, 1.82) is 0 Å². The van der Waals surface area contributed by atoms with Crippen LogP contribution in [0.2, 0.25) is 0 Å². The second-order valence-corrected chi connectivity index (χ2v) is 4.02. The minimum absolute atomic E-state index is 0.0523. The summed E-state index contributed by atoms with van der Waals surface area (Å²) >= 11 is 0. The molecule has 1 aromatic rings. The molecule has 5 nitrogen and oxygen atoms in total. The van der Waals surface area contributed by atoms with E-state index in [1.54, 1.807) is 19.5 Å². The third kappa shape index (κ3) is 2.36. The lowest BCUT2D eigenvalue weighted by molar-refractivity contribution is 0.265. The van der Waals surface area contributed by atoms with Gasteiger partial charge in [-0.2, -0.15) is 0 Å². The van der Waals surface area contributed by atoms with Gasteiger partial charge in [-0.15, -0.1) is 0 Å².